The molecule has 0 N–H and O–H groups in total. The second-order valence-corrected chi connectivity index (χ2v) is 17.3. The van der Waals surface area contributed by atoms with Gasteiger partial charge in [-0.1, -0.05) is 158 Å². The van der Waals surface area contributed by atoms with Crippen molar-refractivity contribution in [1.29, 1.82) is 0 Å². The van der Waals surface area contributed by atoms with Crippen LogP contribution in [-0.2, 0) is 0 Å². The third-order valence-electron chi connectivity index (χ3n) is 8.08. The maximum atomic E-state index is 5.00. The zero-order valence-electron chi connectivity index (χ0n) is 25.2. The van der Waals surface area contributed by atoms with E-state index in [-0.39, 0.29) is 0 Å². The number of rotatable bonds is 6. The zero-order chi connectivity index (χ0) is 30.1. The molecule has 4 heteroatoms. The van der Waals surface area contributed by atoms with Crippen LogP contribution >= 0.6 is 0 Å². The molecule has 0 aliphatic carbocycles. The molecule has 212 valence electrons. The molecule has 7 aromatic rings. The standard InChI is InChI=1S/C40H33N3Si/c1-44(2,3)37-24-23-34-26-36(22-21-35(34)27-37)40-42-38(30-13-8-5-9-14-30)41-39(43-40)31-19-17-29(18-20-31)33-16-10-15-32(25-33)28-11-6-4-7-12-28/h4-27H,1-3H3. The lowest BCUT2D eigenvalue weighted by atomic mass is 9.98. The van der Waals surface area contributed by atoms with Crippen LogP contribution in [0.15, 0.2) is 146 Å². The number of nitrogens with zero attached hydrogens (tertiary/aromatic N) is 3. The second kappa shape index (κ2) is 11.5. The lowest BCUT2D eigenvalue weighted by molar-refractivity contribution is 1.07. The Kier molecular flexibility index (Phi) is 7.21. The van der Waals surface area contributed by atoms with E-state index in [4.69, 9.17) is 15.0 Å². The Morgan fingerprint density at radius 2 is 0.773 bits per heavy atom. The molecule has 0 radical (unpaired) electrons. The van der Waals surface area contributed by atoms with Gasteiger partial charge in [0.15, 0.2) is 17.5 Å². The van der Waals surface area contributed by atoms with Crippen LogP contribution in [0.4, 0.5) is 0 Å². The van der Waals surface area contributed by atoms with Crippen molar-refractivity contribution in [1.82, 2.24) is 15.0 Å². The first kappa shape index (κ1) is 27.6. The molecule has 3 nitrogen and oxygen atoms in total. The molecule has 44 heavy (non-hydrogen) atoms. The molecular weight excluding hydrogens is 551 g/mol. The fraction of sp³-hybridized carbons (Fsp3) is 0.0750. The SMILES string of the molecule is C[Si](C)(C)c1ccc2cc(-c3nc(-c4ccccc4)nc(-c4ccc(-c5cccc(-c6ccccc6)c5)cc4)n3)ccc2c1. The van der Waals surface area contributed by atoms with Gasteiger partial charge in [0.05, 0.1) is 8.07 Å². The lowest BCUT2D eigenvalue weighted by Gasteiger charge is -2.17. The molecule has 6 aromatic carbocycles. The molecule has 0 saturated carbocycles. The molecule has 0 amide bonds. The van der Waals surface area contributed by atoms with Gasteiger partial charge in [0.1, 0.15) is 0 Å². The Labute approximate surface area is 260 Å². The molecule has 0 bridgehead atoms. The number of hydrogen-bond acceptors (Lipinski definition) is 3. The number of aromatic nitrogens is 3. The molecule has 0 atom stereocenters. The van der Waals surface area contributed by atoms with Crippen LogP contribution in [0.2, 0.25) is 19.6 Å². The van der Waals surface area contributed by atoms with Crippen LogP contribution in [0.1, 0.15) is 0 Å². The Morgan fingerprint density at radius 3 is 1.39 bits per heavy atom. The Balaban J connectivity index is 1.27. The summed E-state index contributed by atoms with van der Waals surface area (Å²) in [5.74, 6) is 2.00. The maximum Gasteiger partial charge on any atom is 0.164 e. The second-order valence-electron chi connectivity index (χ2n) is 12.2. The van der Waals surface area contributed by atoms with Crippen LogP contribution in [0.5, 0.6) is 0 Å². The molecule has 1 aromatic heterocycles. The van der Waals surface area contributed by atoms with Gasteiger partial charge in [0.25, 0.3) is 0 Å². The van der Waals surface area contributed by atoms with Gasteiger partial charge in [-0.2, -0.15) is 0 Å². The number of hydrogen-bond donors (Lipinski definition) is 0. The molecule has 0 aliphatic heterocycles. The van der Waals surface area contributed by atoms with E-state index in [2.05, 4.69) is 129 Å². The highest BCUT2D eigenvalue weighted by Crippen LogP contribution is 2.30. The normalized spacial score (nSPS) is 11.5. The third-order valence-corrected chi connectivity index (χ3v) is 10.1. The molecular formula is C40H33N3Si. The summed E-state index contributed by atoms with van der Waals surface area (Å²) in [5, 5.41) is 3.90. The molecule has 1 heterocycles. The molecule has 0 spiro atoms. The van der Waals surface area contributed by atoms with Crippen molar-refractivity contribution in [2.45, 2.75) is 19.6 Å². The quantitative estimate of drug-likeness (QED) is 0.183. The van der Waals surface area contributed by atoms with E-state index in [1.54, 1.807) is 0 Å². The monoisotopic (exact) mass is 583 g/mol. The summed E-state index contributed by atoms with van der Waals surface area (Å²) in [7, 11) is -1.40. The summed E-state index contributed by atoms with van der Waals surface area (Å²) < 4.78 is 0. The first-order valence-electron chi connectivity index (χ1n) is 15.0. The van der Waals surface area contributed by atoms with Gasteiger partial charge in [-0.25, -0.2) is 15.0 Å². The predicted octanol–water partition coefficient (Wildman–Crippen LogP) is 9.90. The van der Waals surface area contributed by atoms with Crippen molar-refractivity contribution in [3.05, 3.63) is 146 Å². The van der Waals surface area contributed by atoms with Crippen molar-refractivity contribution in [3.63, 3.8) is 0 Å². The van der Waals surface area contributed by atoms with Gasteiger partial charge in [-0.3, -0.25) is 0 Å². The molecule has 0 aliphatic rings. The van der Waals surface area contributed by atoms with Crippen molar-refractivity contribution in [3.8, 4) is 56.4 Å². The van der Waals surface area contributed by atoms with E-state index in [1.807, 2.05) is 36.4 Å². The first-order chi connectivity index (χ1) is 21.4. The highest BCUT2D eigenvalue weighted by atomic mass is 28.3. The van der Waals surface area contributed by atoms with Crippen LogP contribution in [0.25, 0.3) is 67.2 Å². The van der Waals surface area contributed by atoms with Crippen molar-refractivity contribution in [2.24, 2.45) is 0 Å². The minimum Gasteiger partial charge on any atom is -0.208 e. The van der Waals surface area contributed by atoms with Crippen LogP contribution in [0, 0.1) is 0 Å². The number of benzene rings is 6. The average Bonchev–Trinajstić information content (AvgIpc) is 3.08. The van der Waals surface area contributed by atoms with Crippen LogP contribution < -0.4 is 5.19 Å². The van der Waals surface area contributed by atoms with Gasteiger partial charge < -0.3 is 0 Å². The van der Waals surface area contributed by atoms with E-state index in [0.29, 0.717) is 17.5 Å². The molecule has 0 unspecified atom stereocenters. The molecule has 7 rings (SSSR count). The minimum absolute atomic E-state index is 0.660. The topological polar surface area (TPSA) is 38.7 Å². The van der Waals surface area contributed by atoms with Crippen molar-refractivity contribution in [2.75, 3.05) is 0 Å². The summed E-state index contributed by atoms with van der Waals surface area (Å²) in [4.78, 5) is 14.9. The molecule has 0 fully saturated rings. The van der Waals surface area contributed by atoms with E-state index < -0.39 is 8.07 Å². The van der Waals surface area contributed by atoms with Crippen molar-refractivity contribution < 1.29 is 0 Å². The summed E-state index contributed by atoms with van der Waals surface area (Å²) in [6.07, 6.45) is 0. The fourth-order valence-corrected chi connectivity index (χ4v) is 6.69. The highest BCUT2D eigenvalue weighted by Gasteiger charge is 2.17. The predicted molar refractivity (Wildman–Crippen MR) is 187 cm³/mol. The first-order valence-corrected chi connectivity index (χ1v) is 18.5. The van der Waals surface area contributed by atoms with Gasteiger partial charge in [0.2, 0.25) is 0 Å². The van der Waals surface area contributed by atoms with E-state index in [0.717, 1.165) is 22.3 Å². The summed E-state index contributed by atoms with van der Waals surface area (Å²) in [6, 6.07) is 51.2. The third kappa shape index (κ3) is 5.72. The summed E-state index contributed by atoms with van der Waals surface area (Å²) >= 11 is 0. The molecule has 0 saturated heterocycles. The minimum atomic E-state index is -1.40. The van der Waals surface area contributed by atoms with Crippen LogP contribution in [-0.4, -0.2) is 23.0 Å². The highest BCUT2D eigenvalue weighted by molar-refractivity contribution is 6.88. The van der Waals surface area contributed by atoms with E-state index in [9.17, 15) is 0 Å². The number of fused-ring (bicyclic) bond motifs is 1. The van der Waals surface area contributed by atoms with Gasteiger partial charge >= 0.3 is 0 Å². The van der Waals surface area contributed by atoms with Gasteiger partial charge in [0, 0.05) is 16.7 Å². The lowest BCUT2D eigenvalue weighted by Crippen LogP contribution is -2.37. The average molecular weight is 584 g/mol. The Bertz CT molecular complexity index is 2080. The van der Waals surface area contributed by atoms with E-state index in [1.165, 1.54) is 32.6 Å². The Hall–Kier alpha value is -5.19. The van der Waals surface area contributed by atoms with Crippen molar-refractivity contribution >= 4 is 24.0 Å². The fourth-order valence-electron chi connectivity index (χ4n) is 5.52. The smallest absolute Gasteiger partial charge is 0.164 e. The summed E-state index contributed by atoms with van der Waals surface area (Å²) in [6.45, 7) is 7.15. The van der Waals surface area contributed by atoms with E-state index >= 15 is 0 Å². The maximum absolute atomic E-state index is 5.00. The Morgan fingerprint density at radius 1 is 0.341 bits per heavy atom. The summed E-state index contributed by atoms with van der Waals surface area (Å²) in [5.41, 5.74) is 7.63. The van der Waals surface area contributed by atoms with Gasteiger partial charge in [-0.05, 0) is 45.2 Å². The van der Waals surface area contributed by atoms with Crippen LogP contribution in [0.3, 0.4) is 0 Å². The largest absolute Gasteiger partial charge is 0.208 e. The zero-order valence-corrected chi connectivity index (χ0v) is 26.2. The van der Waals surface area contributed by atoms with Gasteiger partial charge in [-0.15, -0.1) is 0 Å².